The Kier molecular flexibility index (Phi) is 4.16. The van der Waals surface area contributed by atoms with Gasteiger partial charge >= 0.3 is 5.97 Å². The van der Waals surface area contributed by atoms with Crippen molar-refractivity contribution in [3.63, 3.8) is 0 Å². The summed E-state index contributed by atoms with van der Waals surface area (Å²) in [6, 6.07) is -0.235. The van der Waals surface area contributed by atoms with Crippen LogP contribution in [0.1, 0.15) is 37.2 Å². The maximum Gasteiger partial charge on any atom is 0.342 e. The zero-order valence-electron chi connectivity index (χ0n) is 9.68. The largest absolute Gasteiger partial charge is 0.462 e. The number of hydrogen-bond donors (Lipinski definition) is 0. The second-order valence-electron chi connectivity index (χ2n) is 3.56. The first kappa shape index (κ1) is 14.0. The van der Waals surface area contributed by atoms with E-state index in [4.69, 9.17) is 15.4 Å². The first-order valence-electron chi connectivity index (χ1n) is 4.98. The zero-order valence-corrected chi connectivity index (χ0v) is 11.2. The third-order valence-electron chi connectivity index (χ3n) is 1.97. The molecule has 0 atom stereocenters. The first-order chi connectivity index (χ1) is 7.79. The van der Waals surface area contributed by atoms with Crippen LogP contribution in [-0.4, -0.2) is 30.8 Å². The standard InChI is InChI=1S/C9H13ClN2O4S/c1-4-16-9(13)7-5-11-12(6(2)3)8(7)17(10,14)15/h5-6H,4H2,1-3H3. The predicted molar refractivity (Wildman–Crippen MR) is 61.6 cm³/mol. The Morgan fingerprint density at radius 1 is 1.59 bits per heavy atom. The minimum absolute atomic E-state index is 0.143. The fourth-order valence-electron chi connectivity index (χ4n) is 1.31. The highest BCUT2D eigenvalue weighted by Gasteiger charge is 2.28. The molecule has 0 N–H and O–H groups in total. The molecule has 96 valence electrons. The molecule has 0 aliphatic carbocycles. The summed E-state index contributed by atoms with van der Waals surface area (Å²) >= 11 is 0. The molecule has 0 bridgehead atoms. The Hall–Kier alpha value is -1.08. The summed E-state index contributed by atoms with van der Waals surface area (Å²) in [5.41, 5.74) is -0.143. The molecule has 6 nitrogen and oxygen atoms in total. The molecule has 0 unspecified atom stereocenters. The quantitative estimate of drug-likeness (QED) is 0.618. The fourth-order valence-corrected chi connectivity index (χ4v) is 2.65. The highest BCUT2D eigenvalue weighted by molar-refractivity contribution is 8.13. The van der Waals surface area contributed by atoms with Crippen LogP contribution >= 0.6 is 10.7 Å². The van der Waals surface area contributed by atoms with Crippen LogP contribution in [0.25, 0.3) is 0 Å². The summed E-state index contributed by atoms with van der Waals surface area (Å²) < 4.78 is 28.8. The van der Waals surface area contributed by atoms with Gasteiger partial charge in [-0.05, 0) is 20.8 Å². The van der Waals surface area contributed by atoms with E-state index in [-0.39, 0.29) is 23.2 Å². The van der Waals surface area contributed by atoms with Crippen molar-refractivity contribution in [1.29, 1.82) is 0 Å². The second-order valence-corrected chi connectivity index (χ2v) is 6.04. The molecule has 0 saturated heterocycles. The van der Waals surface area contributed by atoms with Crippen molar-refractivity contribution in [3.05, 3.63) is 11.8 Å². The van der Waals surface area contributed by atoms with Crippen molar-refractivity contribution in [2.45, 2.75) is 31.8 Å². The van der Waals surface area contributed by atoms with Crippen LogP contribution in [0.5, 0.6) is 0 Å². The van der Waals surface area contributed by atoms with E-state index in [1.165, 1.54) is 4.68 Å². The van der Waals surface area contributed by atoms with Gasteiger partial charge in [-0.25, -0.2) is 17.9 Å². The van der Waals surface area contributed by atoms with Crippen molar-refractivity contribution < 1.29 is 17.9 Å². The number of carbonyl (C=O) groups is 1. The highest BCUT2D eigenvalue weighted by atomic mass is 35.7. The molecule has 0 fully saturated rings. The average Bonchev–Trinajstić information content (AvgIpc) is 2.61. The molecule has 0 aliphatic heterocycles. The minimum Gasteiger partial charge on any atom is -0.462 e. The average molecular weight is 281 g/mol. The van der Waals surface area contributed by atoms with Crippen molar-refractivity contribution in [2.24, 2.45) is 0 Å². The van der Waals surface area contributed by atoms with E-state index < -0.39 is 15.0 Å². The van der Waals surface area contributed by atoms with E-state index in [2.05, 4.69) is 5.10 Å². The van der Waals surface area contributed by atoms with Crippen molar-refractivity contribution in [2.75, 3.05) is 6.61 Å². The minimum atomic E-state index is -4.06. The molecular weight excluding hydrogens is 268 g/mol. The van der Waals surface area contributed by atoms with Crippen LogP contribution in [-0.2, 0) is 13.8 Å². The number of nitrogens with zero attached hydrogens (tertiary/aromatic N) is 2. The van der Waals surface area contributed by atoms with Gasteiger partial charge in [0.1, 0.15) is 5.56 Å². The zero-order chi connectivity index (χ0) is 13.2. The van der Waals surface area contributed by atoms with Gasteiger partial charge in [0, 0.05) is 16.7 Å². The molecule has 1 aromatic heterocycles. The number of aromatic nitrogens is 2. The predicted octanol–water partition coefficient (Wildman–Crippen LogP) is 1.57. The monoisotopic (exact) mass is 280 g/mol. The molecule has 0 aromatic carbocycles. The van der Waals surface area contributed by atoms with Gasteiger partial charge in [0.2, 0.25) is 0 Å². The van der Waals surface area contributed by atoms with Gasteiger partial charge in [0.15, 0.2) is 5.03 Å². The van der Waals surface area contributed by atoms with E-state index in [9.17, 15) is 13.2 Å². The molecular formula is C9H13ClN2O4S. The van der Waals surface area contributed by atoms with Gasteiger partial charge in [-0.1, -0.05) is 0 Å². The van der Waals surface area contributed by atoms with Gasteiger partial charge in [-0.3, -0.25) is 0 Å². The Balaban J connectivity index is 3.39. The van der Waals surface area contributed by atoms with Gasteiger partial charge in [0.05, 0.1) is 12.8 Å². The molecule has 0 spiro atoms. The van der Waals surface area contributed by atoms with Crippen molar-refractivity contribution in [1.82, 2.24) is 9.78 Å². The van der Waals surface area contributed by atoms with Gasteiger partial charge < -0.3 is 4.74 Å². The summed E-state index contributed by atoms with van der Waals surface area (Å²) in [7, 11) is 1.24. The number of ether oxygens (including phenoxy) is 1. The molecule has 1 rings (SSSR count). The van der Waals surface area contributed by atoms with E-state index in [0.717, 1.165) is 6.20 Å². The van der Waals surface area contributed by atoms with E-state index in [1.54, 1.807) is 20.8 Å². The van der Waals surface area contributed by atoms with E-state index in [0.29, 0.717) is 0 Å². The number of esters is 1. The van der Waals surface area contributed by atoms with Crippen LogP contribution in [0, 0.1) is 0 Å². The van der Waals surface area contributed by atoms with Crippen LogP contribution < -0.4 is 0 Å². The summed E-state index contributed by atoms with van der Waals surface area (Å²) in [5, 5.41) is 3.51. The summed E-state index contributed by atoms with van der Waals surface area (Å²) in [4.78, 5) is 11.5. The Labute approximate surface area is 104 Å². The van der Waals surface area contributed by atoms with E-state index >= 15 is 0 Å². The van der Waals surface area contributed by atoms with Crippen LogP contribution in [0.2, 0.25) is 0 Å². The first-order valence-corrected chi connectivity index (χ1v) is 7.29. The van der Waals surface area contributed by atoms with Gasteiger partial charge in [0.25, 0.3) is 9.05 Å². The maximum absolute atomic E-state index is 11.5. The lowest BCUT2D eigenvalue weighted by Crippen LogP contribution is -2.13. The SMILES string of the molecule is CCOC(=O)c1cnn(C(C)C)c1S(=O)(=O)Cl. The Bertz CT molecular complexity index is 521. The number of rotatable bonds is 4. The molecule has 8 heteroatoms. The number of halogens is 1. The topological polar surface area (TPSA) is 78.3 Å². The summed E-state index contributed by atoms with van der Waals surface area (Å²) in [6.45, 7) is 5.23. The lowest BCUT2D eigenvalue weighted by Gasteiger charge is -2.09. The third kappa shape index (κ3) is 2.98. The van der Waals surface area contributed by atoms with Gasteiger partial charge in [-0.2, -0.15) is 5.10 Å². The summed E-state index contributed by atoms with van der Waals surface area (Å²) in [5.74, 6) is -0.751. The number of hydrogen-bond acceptors (Lipinski definition) is 5. The Morgan fingerprint density at radius 3 is 2.59 bits per heavy atom. The highest BCUT2D eigenvalue weighted by Crippen LogP contribution is 2.23. The normalized spacial score (nSPS) is 11.8. The lowest BCUT2D eigenvalue weighted by molar-refractivity contribution is 0.0521. The summed E-state index contributed by atoms with van der Waals surface area (Å²) in [6.07, 6.45) is 1.15. The molecule has 17 heavy (non-hydrogen) atoms. The third-order valence-corrected chi connectivity index (χ3v) is 3.27. The van der Waals surface area contributed by atoms with Crippen LogP contribution in [0.3, 0.4) is 0 Å². The maximum atomic E-state index is 11.5. The van der Waals surface area contributed by atoms with Crippen molar-refractivity contribution in [3.8, 4) is 0 Å². The molecule has 0 amide bonds. The fraction of sp³-hybridized carbons (Fsp3) is 0.556. The molecule has 0 radical (unpaired) electrons. The van der Waals surface area contributed by atoms with Crippen molar-refractivity contribution >= 4 is 25.7 Å². The Morgan fingerprint density at radius 2 is 2.18 bits per heavy atom. The van der Waals surface area contributed by atoms with Crippen LogP contribution in [0.15, 0.2) is 11.2 Å². The smallest absolute Gasteiger partial charge is 0.342 e. The molecule has 1 heterocycles. The van der Waals surface area contributed by atoms with E-state index in [1.807, 2.05) is 0 Å². The van der Waals surface area contributed by atoms with Gasteiger partial charge in [-0.15, -0.1) is 0 Å². The molecule has 0 aliphatic rings. The molecule has 1 aromatic rings. The van der Waals surface area contributed by atoms with Crippen LogP contribution in [0.4, 0.5) is 0 Å². The lowest BCUT2D eigenvalue weighted by atomic mass is 10.3. The second kappa shape index (κ2) is 5.05. The molecule has 0 saturated carbocycles. The number of carbonyl (C=O) groups excluding carboxylic acids is 1.